The van der Waals surface area contributed by atoms with Crippen LogP contribution < -0.4 is 0 Å². The second kappa shape index (κ2) is 5.06. The topological polar surface area (TPSA) is 40.5 Å². The predicted molar refractivity (Wildman–Crippen MR) is 62.5 cm³/mol. The largest absolute Gasteiger partial charge is 0.504 e. The molecule has 0 aromatic heterocycles. The molecule has 0 amide bonds. The monoisotopic (exact) mass is 208 g/mol. The highest BCUT2D eigenvalue weighted by molar-refractivity contribution is 5.52. The Bertz CT molecular complexity index is 317. The van der Waals surface area contributed by atoms with Crippen LogP contribution in [0, 0.1) is 13.8 Å². The maximum atomic E-state index is 9.75. The fourth-order valence-corrected chi connectivity index (χ4v) is 1.81. The molecule has 0 fully saturated rings. The van der Waals surface area contributed by atoms with E-state index in [1.807, 2.05) is 13.8 Å². The van der Waals surface area contributed by atoms with E-state index >= 15 is 0 Å². The molecule has 1 aromatic carbocycles. The number of unbranched alkanes of at least 4 members (excludes halogenated alkanes) is 2. The minimum atomic E-state index is 0.00426. The van der Waals surface area contributed by atoms with Gasteiger partial charge in [-0.2, -0.15) is 0 Å². The normalized spacial score (nSPS) is 10.6. The van der Waals surface area contributed by atoms with Gasteiger partial charge >= 0.3 is 0 Å². The Balaban J connectivity index is 2.94. The number of hydrogen-bond acceptors (Lipinski definition) is 2. The molecule has 0 saturated heterocycles. The third-order valence-electron chi connectivity index (χ3n) is 2.96. The first-order valence-electron chi connectivity index (χ1n) is 5.59. The van der Waals surface area contributed by atoms with E-state index in [2.05, 4.69) is 6.92 Å². The van der Waals surface area contributed by atoms with Crippen molar-refractivity contribution in [1.82, 2.24) is 0 Å². The number of rotatable bonds is 4. The van der Waals surface area contributed by atoms with E-state index in [4.69, 9.17) is 0 Å². The van der Waals surface area contributed by atoms with Crippen molar-refractivity contribution in [3.8, 4) is 11.5 Å². The quantitative estimate of drug-likeness (QED) is 0.587. The SMILES string of the molecule is CCCCCc1c(C)c(C)cc(O)c1O. The summed E-state index contributed by atoms with van der Waals surface area (Å²) in [6.07, 6.45) is 4.24. The highest BCUT2D eigenvalue weighted by Crippen LogP contribution is 2.34. The summed E-state index contributed by atoms with van der Waals surface area (Å²) in [5, 5.41) is 19.3. The number of aryl methyl sites for hydroxylation is 1. The van der Waals surface area contributed by atoms with Gasteiger partial charge in [-0.3, -0.25) is 0 Å². The molecule has 0 heterocycles. The fraction of sp³-hybridized carbons (Fsp3) is 0.538. The number of hydrogen-bond donors (Lipinski definition) is 2. The molecule has 15 heavy (non-hydrogen) atoms. The summed E-state index contributed by atoms with van der Waals surface area (Å²) in [4.78, 5) is 0. The van der Waals surface area contributed by atoms with Crippen LogP contribution in [0.5, 0.6) is 11.5 Å². The van der Waals surface area contributed by atoms with Gasteiger partial charge in [0.2, 0.25) is 0 Å². The molecule has 0 aliphatic rings. The Labute approximate surface area is 91.6 Å². The van der Waals surface area contributed by atoms with Crippen molar-refractivity contribution in [2.24, 2.45) is 0 Å². The van der Waals surface area contributed by atoms with Gasteiger partial charge in [-0.25, -0.2) is 0 Å². The Morgan fingerprint density at radius 1 is 1.13 bits per heavy atom. The first-order chi connectivity index (χ1) is 7.07. The number of phenolic OH excluding ortho intramolecular Hbond substituents is 2. The maximum Gasteiger partial charge on any atom is 0.160 e. The van der Waals surface area contributed by atoms with E-state index in [1.54, 1.807) is 6.07 Å². The van der Waals surface area contributed by atoms with Gasteiger partial charge in [-0.1, -0.05) is 19.8 Å². The zero-order valence-electron chi connectivity index (χ0n) is 9.80. The highest BCUT2D eigenvalue weighted by atomic mass is 16.3. The summed E-state index contributed by atoms with van der Waals surface area (Å²) in [6, 6.07) is 1.62. The minimum Gasteiger partial charge on any atom is -0.504 e. The van der Waals surface area contributed by atoms with E-state index < -0.39 is 0 Å². The van der Waals surface area contributed by atoms with E-state index in [0.717, 1.165) is 42.4 Å². The van der Waals surface area contributed by atoms with Gasteiger partial charge in [-0.05, 0) is 43.9 Å². The van der Waals surface area contributed by atoms with Crippen molar-refractivity contribution in [1.29, 1.82) is 0 Å². The van der Waals surface area contributed by atoms with Crippen LogP contribution in [0.3, 0.4) is 0 Å². The summed E-state index contributed by atoms with van der Waals surface area (Å²) in [5.74, 6) is 0.0683. The van der Waals surface area contributed by atoms with Crippen molar-refractivity contribution in [3.05, 3.63) is 22.8 Å². The molecule has 0 aliphatic heterocycles. The van der Waals surface area contributed by atoms with Gasteiger partial charge in [0.05, 0.1) is 0 Å². The summed E-state index contributed by atoms with van der Waals surface area (Å²) >= 11 is 0. The smallest absolute Gasteiger partial charge is 0.160 e. The van der Waals surface area contributed by atoms with Crippen LogP contribution in [-0.2, 0) is 6.42 Å². The standard InChI is InChI=1S/C13H20O2/c1-4-5-6-7-11-10(3)9(2)8-12(14)13(11)15/h8,14-15H,4-7H2,1-3H3. The van der Waals surface area contributed by atoms with Crippen LogP contribution in [0.15, 0.2) is 6.07 Å². The molecular formula is C13H20O2. The van der Waals surface area contributed by atoms with E-state index in [1.165, 1.54) is 0 Å². The number of benzene rings is 1. The number of phenols is 2. The van der Waals surface area contributed by atoms with E-state index in [-0.39, 0.29) is 11.5 Å². The third kappa shape index (κ3) is 2.65. The molecule has 0 atom stereocenters. The van der Waals surface area contributed by atoms with Crippen LogP contribution in [0.4, 0.5) is 0 Å². The van der Waals surface area contributed by atoms with Crippen molar-refractivity contribution < 1.29 is 10.2 Å². The summed E-state index contributed by atoms with van der Waals surface area (Å²) in [5.41, 5.74) is 3.04. The Morgan fingerprint density at radius 3 is 2.40 bits per heavy atom. The number of aromatic hydroxyl groups is 2. The second-order valence-electron chi connectivity index (χ2n) is 4.12. The van der Waals surface area contributed by atoms with Crippen molar-refractivity contribution in [3.63, 3.8) is 0 Å². The molecule has 2 heteroatoms. The zero-order chi connectivity index (χ0) is 11.4. The molecule has 0 saturated carbocycles. The molecule has 2 N–H and O–H groups in total. The molecule has 2 nitrogen and oxygen atoms in total. The second-order valence-corrected chi connectivity index (χ2v) is 4.12. The van der Waals surface area contributed by atoms with Gasteiger partial charge in [0.15, 0.2) is 11.5 Å². The van der Waals surface area contributed by atoms with Gasteiger partial charge in [-0.15, -0.1) is 0 Å². The van der Waals surface area contributed by atoms with Crippen LogP contribution in [-0.4, -0.2) is 10.2 Å². The Morgan fingerprint density at radius 2 is 1.80 bits per heavy atom. The fourth-order valence-electron chi connectivity index (χ4n) is 1.81. The molecule has 0 aliphatic carbocycles. The molecular weight excluding hydrogens is 188 g/mol. The van der Waals surface area contributed by atoms with Crippen molar-refractivity contribution in [2.75, 3.05) is 0 Å². The third-order valence-corrected chi connectivity index (χ3v) is 2.96. The molecule has 1 aromatic rings. The summed E-state index contributed by atoms with van der Waals surface area (Å²) in [7, 11) is 0. The van der Waals surface area contributed by atoms with E-state index in [0.29, 0.717) is 0 Å². The molecule has 1 rings (SSSR count). The Kier molecular flexibility index (Phi) is 4.01. The molecule has 0 bridgehead atoms. The predicted octanol–water partition coefficient (Wildman–Crippen LogP) is 3.45. The highest BCUT2D eigenvalue weighted by Gasteiger charge is 2.11. The summed E-state index contributed by atoms with van der Waals surface area (Å²) < 4.78 is 0. The van der Waals surface area contributed by atoms with Gasteiger partial charge < -0.3 is 10.2 Å². The average molecular weight is 208 g/mol. The lowest BCUT2D eigenvalue weighted by Gasteiger charge is -2.12. The summed E-state index contributed by atoms with van der Waals surface area (Å²) in [6.45, 7) is 6.11. The van der Waals surface area contributed by atoms with Crippen LogP contribution in [0.2, 0.25) is 0 Å². The van der Waals surface area contributed by atoms with Crippen LogP contribution in [0.1, 0.15) is 42.9 Å². The van der Waals surface area contributed by atoms with E-state index in [9.17, 15) is 10.2 Å². The lowest BCUT2D eigenvalue weighted by Crippen LogP contribution is -1.94. The molecule has 0 spiro atoms. The first kappa shape index (κ1) is 11.9. The minimum absolute atomic E-state index is 0.00426. The molecule has 84 valence electrons. The molecule has 0 radical (unpaired) electrons. The zero-order valence-corrected chi connectivity index (χ0v) is 9.80. The Hall–Kier alpha value is -1.18. The van der Waals surface area contributed by atoms with Crippen molar-refractivity contribution >= 4 is 0 Å². The lowest BCUT2D eigenvalue weighted by atomic mass is 9.97. The first-order valence-corrected chi connectivity index (χ1v) is 5.59. The van der Waals surface area contributed by atoms with Gasteiger partial charge in [0.1, 0.15) is 0 Å². The lowest BCUT2D eigenvalue weighted by molar-refractivity contribution is 0.397. The van der Waals surface area contributed by atoms with Gasteiger partial charge in [0, 0.05) is 5.56 Å². The average Bonchev–Trinajstić information content (AvgIpc) is 2.20. The molecule has 0 unspecified atom stereocenters. The van der Waals surface area contributed by atoms with Gasteiger partial charge in [0.25, 0.3) is 0 Å². The van der Waals surface area contributed by atoms with Crippen molar-refractivity contribution in [2.45, 2.75) is 46.5 Å². The van der Waals surface area contributed by atoms with Crippen LogP contribution >= 0.6 is 0 Å². The maximum absolute atomic E-state index is 9.75. The van der Waals surface area contributed by atoms with Crippen LogP contribution in [0.25, 0.3) is 0 Å².